The minimum Gasteiger partial charge on any atom is -0.497 e. The molecule has 0 radical (unpaired) electrons. The molecule has 188 valence electrons. The van der Waals surface area contributed by atoms with Gasteiger partial charge in [-0.05, 0) is 50.2 Å². The number of aliphatic imine (C=N–C) groups is 1. The van der Waals surface area contributed by atoms with Crippen molar-refractivity contribution in [3.63, 3.8) is 0 Å². The second kappa shape index (κ2) is 11.3. The number of urea groups is 1. The number of benzene rings is 2. The molecule has 8 heteroatoms. The van der Waals surface area contributed by atoms with Crippen LogP contribution in [0.5, 0.6) is 11.5 Å². The van der Waals surface area contributed by atoms with Crippen LogP contribution in [0, 0.1) is 0 Å². The fourth-order valence-electron chi connectivity index (χ4n) is 4.79. The summed E-state index contributed by atoms with van der Waals surface area (Å²) in [6.45, 7) is 7.67. The first kappa shape index (κ1) is 25.3. The van der Waals surface area contributed by atoms with Gasteiger partial charge in [0, 0.05) is 37.3 Å². The molecular weight excluding hydrogens is 464 g/mol. The summed E-state index contributed by atoms with van der Waals surface area (Å²) < 4.78 is 11.4. The summed E-state index contributed by atoms with van der Waals surface area (Å²) in [5.74, 6) is 2.01. The van der Waals surface area contributed by atoms with Crippen molar-refractivity contribution in [3.05, 3.63) is 58.6 Å². The second-order valence-corrected chi connectivity index (χ2v) is 9.48. The maximum atomic E-state index is 14.1. The van der Waals surface area contributed by atoms with Crippen LogP contribution in [-0.2, 0) is 0 Å². The number of amidine groups is 1. The number of amides is 2. The fourth-order valence-corrected chi connectivity index (χ4v) is 4.92. The zero-order valence-corrected chi connectivity index (χ0v) is 21.8. The number of hydrogen-bond donors (Lipinski definition) is 0. The lowest BCUT2D eigenvalue weighted by molar-refractivity contribution is 0.130. The number of nitrogens with zero attached hydrogens (tertiary/aromatic N) is 4. The topological polar surface area (TPSA) is 57.6 Å². The Morgan fingerprint density at radius 1 is 1.09 bits per heavy atom. The molecule has 2 atom stereocenters. The Hall–Kier alpha value is -2.77. The summed E-state index contributed by atoms with van der Waals surface area (Å²) in [5.41, 5.74) is 1.83. The number of rotatable bonds is 7. The average Bonchev–Trinajstić information content (AvgIpc) is 3.23. The van der Waals surface area contributed by atoms with Gasteiger partial charge in [0.2, 0.25) is 0 Å². The normalized spacial score (nSPS) is 20.7. The van der Waals surface area contributed by atoms with Crippen molar-refractivity contribution in [2.75, 3.05) is 46.9 Å². The van der Waals surface area contributed by atoms with Gasteiger partial charge in [0.15, 0.2) is 0 Å². The number of likely N-dealkylation sites (N-methyl/N-ethyl adjacent to an activating group) is 1. The van der Waals surface area contributed by atoms with Crippen LogP contribution in [0.4, 0.5) is 4.79 Å². The third-order valence-electron chi connectivity index (χ3n) is 6.66. The monoisotopic (exact) mass is 498 g/mol. The smallest absolute Gasteiger partial charge is 0.326 e. The molecular formula is C27H35ClN4O3. The largest absolute Gasteiger partial charge is 0.497 e. The molecule has 0 saturated carbocycles. The maximum Gasteiger partial charge on any atom is 0.326 e. The van der Waals surface area contributed by atoms with Gasteiger partial charge in [0.25, 0.3) is 0 Å². The lowest BCUT2D eigenvalue weighted by atomic mass is 9.96. The van der Waals surface area contributed by atoms with Crippen LogP contribution in [0.3, 0.4) is 0 Å². The van der Waals surface area contributed by atoms with Crippen LogP contribution in [0.1, 0.15) is 43.9 Å². The van der Waals surface area contributed by atoms with Crippen molar-refractivity contribution in [1.29, 1.82) is 0 Å². The van der Waals surface area contributed by atoms with Gasteiger partial charge in [-0.1, -0.05) is 37.1 Å². The molecule has 2 aliphatic rings. The molecule has 1 fully saturated rings. The SMILES string of the molecule is CCCC1N=C(c2ccc(OC)cc2OCC)N(C(=O)N2CCN(C)CC2)C1c1ccc(Cl)cc1. The van der Waals surface area contributed by atoms with Gasteiger partial charge in [-0.3, -0.25) is 9.89 Å². The summed E-state index contributed by atoms with van der Waals surface area (Å²) in [4.78, 5) is 25.4. The van der Waals surface area contributed by atoms with Crippen LogP contribution >= 0.6 is 11.6 Å². The zero-order chi connectivity index (χ0) is 24.9. The molecule has 0 aromatic heterocycles. The van der Waals surface area contributed by atoms with E-state index in [-0.39, 0.29) is 18.1 Å². The van der Waals surface area contributed by atoms with Gasteiger partial charge < -0.3 is 19.3 Å². The summed E-state index contributed by atoms with van der Waals surface area (Å²) in [6, 6.07) is 13.2. The number of carbonyl (C=O) groups is 1. The fraction of sp³-hybridized carbons (Fsp3) is 0.481. The van der Waals surface area contributed by atoms with E-state index in [9.17, 15) is 4.79 Å². The van der Waals surface area contributed by atoms with Crippen molar-refractivity contribution in [3.8, 4) is 11.5 Å². The van der Waals surface area contributed by atoms with Gasteiger partial charge in [-0.2, -0.15) is 0 Å². The molecule has 0 spiro atoms. The van der Waals surface area contributed by atoms with Crippen LogP contribution in [-0.4, -0.2) is 79.6 Å². The van der Waals surface area contributed by atoms with Gasteiger partial charge in [-0.15, -0.1) is 0 Å². The van der Waals surface area contributed by atoms with Crippen LogP contribution < -0.4 is 9.47 Å². The quantitative estimate of drug-likeness (QED) is 0.533. The zero-order valence-electron chi connectivity index (χ0n) is 21.0. The van der Waals surface area contributed by atoms with E-state index in [0.717, 1.165) is 37.1 Å². The highest BCUT2D eigenvalue weighted by atomic mass is 35.5. The number of hydrogen-bond acceptors (Lipinski definition) is 5. The summed E-state index contributed by atoms with van der Waals surface area (Å²) in [6.07, 6.45) is 1.83. The lowest BCUT2D eigenvalue weighted by Gasteiger charge is -2.38. The summed E-state index contributed by atoms with van der Waals surface area (Å²) in [5, 5.41) is 0.672. The van der Waals surface area contributed by atoms with E-state index in [2.05, 4.69) is 18.9 Å². The van der Waals surface area contributed by atoms with E-state index in [0.29, 0.717) is 42.1 Å². The van der Waals surface area contributed by atoms with E-state index in [1.54, 1.807) is 7.11 Å². The van der Waals surface area contributed by atoms with Gasteiger partial charge in [-0.25, -0.2) is 4.79 Å². The van der Waals surface area contributed by atoms with Gasteiger partial charge in [0.1, 0.15) is 17.3 Å². The Bertz CT molecular complexity index is 1050. The minimum absolute atomic E-state index is 0.0198. The number of halogens is 1. The van der Waals surface area contributed by atoms with Crippen molar-refractivity contribution < 1.29 is 14.3 Å². The van der Waals surface area contributed by atoms with E-state index < -0.39 is 0 Å². The van der Waals surface area contributed by atoms with Crippen LogP contribution in [0.2, 0.25) is 5.02 Å². The molecule has 0 bridgehead atoms. The maximum absolute atomic E-state index is 14.1. The molecule has 0 N–H and O–H groups in total. The molecule has 2 aromatic carbocycles. The first-order valence-corrected chi connectivity index (χ1v) is 12.8. The second-order valence-electron chi connectivity index (χ2n) is 9.04. The lowest BCUT2D eigenvalue weighted by Crippen LogP contribution is -2.53. The van der Waals surface area contributed by atoms with Crippen molar-refractivity contribution in [1.82, 2.24) is 14.7 Å². The third kappa shape index (κ3) is 5.41. The molecule has 2 unspecified atom stereocenters. The molecule has 1 saturated heterocycles. The highest BCUT2D eigenvalue weighted by molar-refractivity contribution is 6.30. The number of methoxy groups -OCH3 is 1. The van der Waals surface area contributed by atoms with Crippen molar-refractivity contribution in [2.24, 2.45) is 4.99 Å². The molecule has 0 aliphatic carbocycles. The molecule has 2 aliphatic heterocycles. The van der Waals surface area contributed by atoms with Gasteiger partial charge in [0.05, 0.1) is 31.4 Å². The van der Waals surface area contributed by atoms with Crippen molar-refractivity contribution >= 4 is 23.5 Å². The predicted octanol–water partition coefficient (Wildman–Crippen LogP) is 5.09. The molecule has 2 heterocycles. The number of ether oxygens (including phenoxy) is 2. The Morgan fingerprint density at radius 3 is 2.43 bits per heavy atom. The molecule has 4 rings (SSSR count). The standard InChI is InChI=1S/C27H35ClN4O3/c1-5-7-23-25(19-8-10-20(28)11-9-19)32(27(33)31-16-14-30(3)15-17-31)26(29-23)22-13-12-21(34-4)18-24(22)35-6-2/h8-13,18,23,25H,5-7,14-17H2,1-4H3. The summed E-state index contributed by atoms with van der Waals surface area (Å²) >= 11 is 6.21. The summed E-state index contributed by atoms with van der Waals surface area (Å²) in [7, 11) is 3.72. The van der Waals surface area contributed by atoms with Gasteiger partial charge >= 0.3 is 6.03 Å². The third-order valence-corrected chi connectivity index (χ3v) is 6.92. The Labute approximate surface area is 213 Å². The first-order chi connectivity index (χ1) is 17.0. The van der Waals surface area contributed by atoms with Crippen LogP contribution in [0.15, 0.2) is 47.5 Å². The van der Waals surface area contributed by atoms with E-state index in [4.69, 9.17) is 26.1 Å². The molecule has 2 aromatic rings. The Balaban J connectivity index is 1.82. The molecule has 7 nitrogen and oxygen atoms in total. The Kier molecular flexibility index (Phi) is 8.19. The van der Waals surface area contributed by atoms with Crippen molar-refractivity contribution in [2.45, 2.75) is 38.8 Å². The highest BCUT2D eigenvalue weighted by Gasteiger charge is 2.43. The number of piperazine rings is 1. The Morgan fingerprint density at radius 2 is 1.80 bits per heavy atom. The molecule has 2 amide bonds. The first-order valence-electron chi connectivity index (χ1n) is 12.4. The predicted molar refractivity (Wildman–Crippen MR) is 140 cm³/mol. The minimum atomic E-state index is -0.217. The molecule has 35 heavy (non-hydrogen) atoms. The van der Waals surface area contributed by atoms with E-state index >= 15 is 0 Å². The van der Waals surface area contributed by atoms with E-state index in [1.165, 1.54) is 0 Å². The average molecular weight is 499 g/mol. The highest BCUT2D eigenvalue weighted by Crippen LogP contribution is 2.40. The number of carbonyl (C=O) groups excluding carboxylic acids is 1. The van der Waals surface area contributed by atoms with Crippen LogP contribution in [0.25, 0.3) is 0 Å². The van der Waals surface area contributed by atoms with E-state index in [1.807, 2.05) is 59.2 Å².